The van der Waals surface area contributed by atoms with Crippen LogP contribution in [0.4, 0.5) is 10.1 Å². The van der Waals surface area contributed by atoms with Crippen LogP contribution in [0.3, 0.4) is 0 Å². The molecule has 0 saturated heterocycles. The third-order valence-electron chi connectivity index (χ3n) is 2.99. The van der Waals surface area contributed by atoms with E-state index in [9.17, 15) is 9.50 Å². The van der Waals surface area contributed by atoms with Crippen LogP contribution >= 0.6 is 0 Å². The van der Waals surface area contributed by atoms with Gasteiger partial charge in [0.25, 0.3) is 0 Å². The second-order valence-corrected chi connectivity index (χ2v) is 4.02. The molecule has 1 atom stereocenters. The van der Waals surface area contributed by atoms with Crippen LogP contribution in [0.25, 0.3) is 0 Å². The molecule has 3 heteroatoms. The molecule has 16 heavy (non-hydrogen) atoms. The maximum atomic E-state index is 13.0. The van der Waals surface area contributed by atoms with E-state index in [0.29, 0.717) is 5.92 Å². The number of benzene rings is 1. The quantitative estimate of drug-likeness (QED) is 0.780. The molecular formula is C13H20FNO. The number of hydrogen-bond donors (Lipinski definition) is 2. The van der Waals surface area contributed by atoms with Gasteiger partial charge in [-0.1, -0.05) is 32.8 Å². The van der Waals surface area contributed by atoms with Crippen molar-refractivity contribution in [2.24, 2.45) is 5.92 Å². The van der Waals surface area contributed by atoms with Crippen molar-refractivity contribution in [2.45, 2.75) is 32.7 Å². The molecule has 90 valence electrons. The standard InChI is InChI=1S/C13H20FNO/c1-3-10(4-2)13(9-16)15-12-7-5-6-11(14)8-12/h5-8,10,13,15-16H,3-4,9H2,1-2H3. The smallest absolute Gasteiger partial charge is 0.125 e. The Hall–Kier alpha value is -1.09. The van der Waals surface area contributed by atoms with Gasteiger partial charge >= 0.3 is 0 Å². The second kappa shape index (κ2) is 6.48. The normalized spacial score (nSPS) is 12.8. The average molecular weight is 225 g/mol. The molecule has 2 N–H and O–H groups in total. The van der Waals surface area contributed by atoms with E-state index in [2.05, 4.69) is 19.2 Å². The van der Waals surface area contributed by atoms with Crippen LogP contribution in [0, 0.1) is 11.7 Å². The van der Waals surface area contributed by atoms with Gasteiger partial charge in [0.2, 0.25) is 0 Å². The SMILES string of the molecule is CCC(CC)C(CO)Nc1cccc(F)c1. The van der Waals surface area contributed by atoms with Gasteiger partial charge in [-0.15, -0.1) is 0 Å². The van der Waals surface area contributed by atoms with Crippen LogP contribution in [0.5, 0.6) is 0 Å². The highest BCUT2D eigenvalue weighted by atomic mass is 19.1. The maximum Gasteiger partial charge on any atom is 0.125 e. The molecule has 1 aromatic carbocycles. The number of aliphatic hydroxyl groups is 1. The first kappa shape index (κ1) is 13.0. The van der Waals surface area contributed by atoms with Crippen LogP contribution in [0.2, 0.25) is 0 Å². The predicted octanol–water partition coefficient (Wildman–Crippen LogP) is 3.03. The molecule has 0 fully saturated rings. The van der Waals surface area contributed by atoms with Crippen LogP contribution < -0.4 is 5.32 Å². The lowest BCUT2D eigenvalue weighted by Gasteiger charge is -2.25. The minimum absolute atomic E-state index is 0.00296. The topological polar surface area (TPSA) is 32.3 Å². The summed E-state index contributed by atoms with van der Waals surface area (Å²) >= 11 is 0. The summed E-state index contributed by atoms with van der Waals surface area (Å²) in [5.74, 6) is 0.152. The van der Waals surface area contributed by atoms with Gasteiger partial charge in [-0.25, -0.2) is 4.39 Å². The van der Waals surface area contributed by atoms with Crippen molar-refractivity contribution < 1.29 is 9.50 Å². The molecule has 0 aliphatic rings. The molecular weight excluding hydrogens is 205 g/mol. The first-order chi connectivity index (χ1) is 7.71. The molecule has 0 radical (unpaired) electrons. The van der Waals surface area contributed by atoms with Gasteiger partial charge in [-0.05, 0) is 24.1 Å². The summed E-state index contributed by atoms with van der Waals surface area (Å²) < 4.78 is 13.0. The molecule has 1 rings (SSSR count). The number of halogens is 1. The molecule has 1 aromatic rings. The summed E-state index contributed by atoms with van der Waals surface area (Å²) in [5, 5.41) is 12.5. The van der Waals surface area contributed by atoms with Gasteiger partial charge in [-0.3, -0.25) is 0 Å². The van der Waals surface area contributed by atoms with Gasteiger partial charge in [0.1, 0.15) is 5.82 Å². The van der Waals surface area contributed by atoms with Crippen molar-refractivity contribution in [1.29, 1.82) is 0 Å². The Morgan fingerprint density at radius 1 is 1.31 bits per heavy atom. The molecule has 0 saturated carbocycles. The number of nitrogens with one attached hydrogen (secondary N) is 1. The zero-order valence-corrected chi connectivity index (χ0v) is 9.91. The Morgan fingerprint density at radius 3 is 2.50 bits per heavy atom. The van der Waals surface area contributed by atoms with Gasteiger partial charge in [0, 0.05) is 5.69 Å². The van der Waals surface area contributed by atoms with Crippen molar-refractivity contribution in [3.05, 3.63) is 30.1 Å². The average Bonchev–Trinajstić information content (AvgIpc) is 2.29. The van der Waals surface area contributed by atoms with Gasteiger partial charge in [-0.2, -0.15) is 0 Å². The molecule has 0 aliphatic heterocycles. The summed E-state index contributed by atoms with van der Waals surface area (Å²) in [7, 11) is 0. The highest BCUT2D eigenvalue weighted by Crippen LogP contribution is 2.18. The molecule has 0 aromatic heterocycles. The maximum absolute atomic E-state index is 13.0. The lowest BCUT2D eigenvalue weighted by molar-refractivity contribution is 0.231. The van der Waals surface area contributed by atoms with Crippen molar-refractivity contribution in [1.82, 2.24) is 0 Å². The highest BCUT2D eigenvalue weighted by Gasteiger charge is 2.17. The summed E-state index contributed by atoms with van der Waals surface area (Å²) in [6, 6.07) is 6.34. The Kier molecular flexibility index (Phi) is 5.26. The molecule has 0 aliphatic carbocycles. The number of anilines is 1. The van der Waals surface area contributed by atoms with E-state index in [1.54, 1.807) is 6.07 Å². The molecule has 0 spiro atoms. The lowest BCUT2D eigenvalue weighted by Crippen LogP contribution is -2.32. The van der Waals surface area contributed by atoms with E-state index < -0.39 is 0 Å². The zero-order chi connectivity index (χ0) is 12.0. The van der Waals surface area contributed by atoms with Crippen LogP contribution in [-0.2, 0) is 0 Å². The summed E-state index contributed by atoms with van der Waals surface area (Å²) in [5.41, 5.74) is 0.728. The largest absolute Gasteiger partial charge is 0.394 e. The highest BCUT2D eigenvalue weighted by molar-refractivity contribution is 5.44. The van der Waals surface area contributed by atoms with E-state index in [1.165, 1.54) is 12.1 Å². The fraction of sp³-hybridized carbons (Fsp3) is 0.538. The third kappa shape index (κ3) is 3.49. The lowest BCUT2D eigenvalue weighted by atomic mass is 9.94. The molecule has 0 amide bonds. The van der Waals surface area contributed by atoms with Crippen molar-refractivity contribution >= 4 is 5.69 Å². The van der Waals surface area contributed by atoms with Crippen molar-refractivity contribution in [2.75, 3.05) is 11.9 Å². The Bertz CT molecular complexity index is 313. The van der Waals surface area contributed by atoms with Crippen molar-refractivity contribution in [3.63, 3.8) is 0 Å². The predicted molar refractivity (Wildman–Crippen MR) is 65.0 cm³/mol. The summed E-state index contributed by atoms with van der Waals surface area (Å²) in [4.78, 5) is 0. The van der Waals surface area contributed by atoms with Gasteiger partial charge < -0.3 is 10.4 Å². The Morgan fingerprint density at radius 2 is 2.00 bits per heavy atom. The first-order valence-electron chi connectivity index (χ1n) is 5.84. The minimum Gasteiger partial charge on any atom is -0.394 e. The molecule has 2 nitrogen and oxygen atoms in total. The Balaban J connectivity index is 2.69. The molecule has 0 heterocycles. The van der Waals surface area contributed by atoms with Crippen LogP contribution in [0.15, 0.2) is 24.3 Å². The van der Waals surface area contributed by atoms with Gasteiger partial charge in [0.15, 0.2) is 0 Å². The number of hydrogen-bond acceptors (Lipinski definition) is 2. The monoisotopic (exact) mass is 225 g/mol. The number of aliphatic hydroxyl groups excluding tert-OH is 1. The fourth-order valence-corrected chi connectivity index (χ4v) is 1.96. The third-order valence-corrected chi connectivity index (χ3v) is 2.99. The van der Waals surface area contributed by atoms with Crippen LogP contribution in [0.1, 0.15) is 26.7 Å². The first-order valence-corrected chi connectivity index (χ1v) is 5.84. The zero-order valence-electron chi connectivity index (χ0n) is 9.91. The van der Waals surface area contributed by atoms with E-state index in [4.69, 9.17) is 0 Å². The Labute approximate surface area is 96.5 Å². The van der Waals surface area contributed by atoms with E-state index >= 15 is 0 Å². The van der Waals surface area contributed by atoms with E-state index in [0.717, 1.165) is 18.5 Å². The molecule has 1 unspecified atom stereocenters. The van der Waals surface area contributed by atoms with E-state index in [-0.39, 0.29) is 18.5 Å². The molecule has 0 bridgehead atoms. The second-order valence-electron chi connectivity index (χ2n) is 4.02. The van der Waals surface area contributed by atoms with Crippen molar-refractivity contribution in [3.8, 4) is 0 Å². The minimum atomic E-state index is -0.258. The van der Waals surface area contributed by atoms with E-state index in [1.807, 2.05) is 6.07 Å². The summed E-state index contributed by atoms with van der Waals surface area (Å²) in [6.07, 6.45) is 2.01. The van der Waals surface area contributed by atoms with Gasteiger partial charge in [0.05, 0.1) is 12.6 Å². The fourth-order valence-electron chi connectivity index (χ4n) is 1.96. The number of rotatable bonds is 6. The summed E-state index contributed by atoms with van der Waals surface area (Å²) in [6.45, 7) is 4.27. The van der Waals surface area contributed by atoms with Crippen LogP contribution in [-0.4, -0.2) is 17.8 Å².